The lowest BCUT2D eigenvalue weighted by atomic mass is 10.1. The molecule has 1 N–H and O–H groups in total. The molecule has 4 aromatic rings. The Labute approximate surface area is 166 Å². The molecule has 0 amide bonds. The van der Waals surface area contributed by atoms with Crippen molar-refractivity contribution in [2.45, 2.75) is 33.2 Å². The average molecular weight is 393 g/mol. The van der Waals surface area contributed by atoms with Crippen molar-refractivity contribution in [2.75, 3.05) is 5.32 Å². The molecule has 0 fully saturated rings. The maximum atomic E-state index is 4.81. The zero-order valence-electron chi connectivity index (χ0n) is 15.7. The minimum Gasteiger partial charge on any atom is -0.365 e. The summed E-state index contributed by atoms with van der Waals surface area (Å²) in [4.78, 5) is 12.3. The summed E-state index contributed by atoms with van der Waals surface area (Å²) < 4.78 is 2.05. The molecule has 0 radical (unpaired) electrons. The molecule has 27 heavy (non-hydrogen) atoms. The lowest BCUT2D eigenvalue weighted by Gasteiger charge is -2.22. The van der Waals surface area contributed by atoms with E-state index in [1.807, 2.05) is 10.6 Å². The molecule has 4 nitrogen and oxygen atoms in total. The molecule has 6 heteroatoms. The molecule has 0 aromatic carbocycles. The summed E-state index contributed by atoms with van der Waals surface area (Å²) in [5.41, 5.74) is 2.91. The number of nitrogens with one attached hydrogen (secondary N) is 1. The van der Waals surface area contributed by atoms with Crippen molar-refractivity contribution >= 4 is 34.1 Å². The van der Waals surface area contributed by atoms with Crippen molar-refractivity contribution in [1.82, 2.24) is 14.4 Å². The molecule has 0 aliphatic rings. The second kappa shape index (κ2) is 6.84. The fourth-order valence-corrected chi connectivity index (χ4v) is 4.33. The van der Waals surface area contributed by atoms with Crippen LogP contribution in [0.4, 0.5) is 5.82 Å². The molecule has 0 atom stereocenters. The van der Waals surface area contributed by atoms with E-state index in [1.54, 1.807) is 35.1 Å². The number of hydrogen-bond acceptors (Lipinski definition) is 5. The van der Waals surface area contributed by atoms with Crippen LogP contribution in [0.3, 0.4) is 0 Å². The average Bonchev–Trinajstić information content (AvgIpc) is 3.31. The lowest BCUT2D eigenvalue weighted by molar-refractivity contribution is 0.629. The molecule has 0 unspecified atom stereocenters. The molecular formula is C21H20N4S2. The van der Waals surface area contributed by atoms with Gasteiger partial charge in [0, 0.05) is 17.9 Å². The second-order valence-corrected chi connectivity index (χ2v) is 9.34. The summed E-state index contributed by atoms with van der Waals surface area (Å²) >= 11 is 3.35. The highest BCUT2D eigenvalue weighted by molar-refractivity contribution is 7.16. The Morgan fingerprint density at radius 2 is 2.00 bits per heavy atom. The number of fused-ring (bicyclic) bond motifs is 1. The van der Waals surface area contributed by atoms with Gasteiger partial charge in [0.2, 0.25) is 0 Å². The van der Waals surface area contributed by atoms with E-state index in [9.17, 15) is 0 Å². The molecule has 4 rings (SSSR count). The van der Waals surface area contributed by atoms with Gasteiger partial charge in [-0.15, -0.1) is 22.7 Å². The third-order valence-electron chi connectivity index (χ3n) is 3.92. The number of nitrogens with zero attached hydrogens (tertiary/aromatic N) is 3. The van der Waals surface area contributed by atoms with Gasteiger partial charge in [0.05, 0.1) is 20.8 Å². The highest BCUT2D eigenvalue weighted by Crippen LogP contribution is 2.34. The zero-order valence-corrected chi connectivity index (χ0v) is 17.3. The van der Waals surface area contributed by atoms with Crippen LogP contribution >= 0.6 is 22.7 Å². The quantitative estimate of drug-likeness (QED) is 0.462. The Balaban J connectivity index is 1.75. The summed E-state index contributed by atoms with van der Waals surface area (Å²) in [6, 6.07) is 6.27. The van der Waals surface area contributed by atoms with Gasteiger partial charge in [-0.1, -0.05) is 0 Å². The van der Waals surface area contributed by atoms with Crippen molar-refractivity contribution in [3.8, 4) is 22.4 Å². The van der Waals surface area contributed by atoms with Crippen molar-refractivity contribution < 1.29 is 0 Å². The van der Waals surface area contributed by atoms with Gasteiger partial charge < -0.3 is 5.32 Å². The minimum atomic E-state index is -0.0788. The lowest BCUT2D eigenvalue weighted by Crippen LogP contribution is -2.27. The van der Waals surface area contributed by atoms with Crippen LogP contribution in [0.1, 0.15) is 36.1 Å². The van der Waals surface area contributed by atoms with Gasteiger partial charge in [0.1, 0.15) is 11.5 Å². The highest BCUT2D eigenvalue weighted by atomic mass is 32.1. The van der Waals surface area contributed by atoms with E-state index in [1.165, 1.54) is 5.56 Å². The Kier molecular flexibility index (Phi) is 4.50. The molecule has 0 spiro atoms. The van der Waals surface area contributed by atoms with Crippen LogP contribution in [0.25, 0.3) is 16.2 Å². The topological polar surface area (TPSA) is 42.2 Å². The molecule has 0 aliphatic carbocycles. The SMILES string of the molecule is Cc1ccsc1C#Cc1ccc(-c2nc3cnccn3c2NC(C)(C)C)s1. The third kappa shape index (κ3) is 3.75. The zero-order chi connectivity index (χ0) is 19.0. The molecule has 136 valence electrons. The maximum absolute atomic E-state index is 4.81. The van der Waals surface area contributed by atoms with Crippen molar-refractivity contribution in [3.63, 3.8) is 0 Å². The van der Waals surface area contributed by atoms with Crippen LogP contribution in [-0.4, -0.2) is 19.9 Å². The van der Waals surface area contributed by atoms with Crippen LogP contribution in [-0.2, 0) is 0 Å². The van der Waals surface area contributed by atoms with Crippen molar-refractivity contribution in [2.24, 2.45) is 0 Å². The fraction of sp³-hybridized carbons (Fsp3) is 0.238. The molecule has 0 aliphatic heterocycles. The Morgan fingerprint density at radius 3 is 2.74 bits per heavy atom. The van der Waals surface area contributed by atoms with E-state index >= 15 is 0 Å². The number of rotatable bonds is 2. The molecule has 4 aromatic heterocycles. The van der Waals surface area contributed by atoms with E-state index in [2.05, 4.69) is 73.4 Å². The molecule has 0 saturated carbocycles. The van der Waals surface area contributed by atoms with Gasteiger partial charge >= 0.3 is 0 Å². The Hall–Kier alpha value is -2.62. The first-order chi connectivity index (χ1) is 12.9. The molecular weight excluding hydrogens is 372 g/mol. The van der Waals surface area contributed by atoms with E-state index in [-0.39, 0.29) is 5.54 Å². The van der Waals surface area contributed by atoms with Gasteiger partial charge in [0.25, 0.3) is 0 Å². The van der Waals surface area contributed by atoms with Crippen LogP contribution in [0.5, 0.6) is 0 Å². The Morgan fingerprint density at radius 1 is 1.15 bits per heavy atom. The van der Waals surface area contributed by atoms with Crippen LogP contribution in [0.2, 0.25) is 0 Å². The summed E-state index contributed by atoms with van der Waals surface area (Å²) in [5, 5.41) is 5.67. The van der Waals surface area contributed by atoms with E-state index in [0.717, 1.165) is 31.8 Å². The second-order valence-electron chi connectivity index (χ2n) is 7.34. The predicted octanol–water partition coefficient (Wildman–Crippen LogP) is 5.44. The fourth-order valence-electron chi connectivity index (χ4n) is 2.70. The number of thiophene rings is 2. The highest BCUT2D eigenvalue weighted by Gasteiger charge is 2.20. The summed E-state index contributed by atoms with van der Waals surface area (Å²) in [6.45, 7) is 8.53. The summed E-state index contributed by atoms with van der Waals surface area (Å²) in [6.07, 6.45) is 5.50. The number of anilines is 1. The third-order valence-corrected chi connectivity index (χ3v) is 5.86. The smallest absolute Gasteiger partial charge is 0.157 e. The molecule has 0 bridgehead atoms. The minimum absolute atomic E-state index is 0.0788. The van der Waals surface area contributed by atoms with E-state index in [0.29, 0.717) is 0 Å². The van der Waals surface area contributed by atoms with Gasteiger partial charge in [-0.3, -0.25) is 9.38 Å². The first kappa shape index (κ1) is 17.8. The van der Waals surface area contributed by atoms with Crippen LogP contribution in [0.15, 0.2) is 42.2 Å². The number of hydrogen-bond donors (Lipinski definition) is 1. The predicted molar refractivity (Wildman–Crippen MR) is 115 cm³/mol. The molecule has 0 saturated heterocycles. The standard InChI is InChI=1S/C21H20N4S2/c1-14-9-12-26-16(14)7-5-15-6-8-17(27-15)19-20(24-21(2,3)4)25-11-10-22-13-18(25)23-19/h6,8-13,24H,1-4H3. The first-order valence-electron chi connectivity index (χ1n) is 8.67. The first-order valence-corrected chi connectivity index (χ1v) is 10.4. The van der Waals surface area contributed by atoms with Crippen LogP contribution < -0.4 is 5.32 Å². The largest absolute Gasteiger partial charge is 0.365 e. The summed E-state index contributed by atoms with van der Waals surface area (Å²) in [5.74, 6) is 7.55. The number of aryl methyl sites for hydroxylation is 1. The molecule has 4 heterocycles. The van der Waals surface area contributed by atoms with Gasteiger partial charge in [-0.05, 0) is 68.7 Å². The maximum Gasteiger partial charge on any atom is 0.157 e. The normalized spacial score (nSPS) is 11.4. The monoisotopic (exact) mass is 392 g/mol. The Bertz CT molecular complexity index is 1160. The van der Waals surface area contributed by atoms with E-state index < -0.39 is 0 Å². The van der Waals surface area contributed by atoms with E-state index in [4.69, 9.17) is 4.98 Å². The van der Waals surface area contributed by atoms with Gasteiger partial charge in [-0.2, -0.15) is 0 Å². The summed E-state index contributed by atoms with van der Waals surface area (Å²) in [7, 11) is 0. The van der Waals surface area contributed by atoms with Gasteiger partial charge in [0.15, 0.2) is 5.65 Å². The van der Waals surface area contributed by atoms with Crippen molar-refractivity contribution in [1.29, 1.82) is 0 Å². The van der Waals surface area contributed by atoms with Gasteiger partial charge in [-0.25, -0.2) is 4.98 Å². The number of imidazole rings is 1. The van der Waals surface area contributed by atoms with Crippen LogP contribution in [0, 0.1) is 18.8 Å². The van der Waals surface area contributed by atoms with Crippen molar-refractivity contribution in [3.05, 3.63) is 57.5 Å². The number of aromatic nitrogens is 3.